The van der Waals surface area contributed by atoms with Crippen LogP contribution in [0, 0.1) is 12.7 Å². The molecule has 162 valence electrons. The maximum atomic E-state index is 13.4. The fraction of sp³-hybridized carbons (Fsp3) is 0.318. The molecule has 4 aromatic rings. The molecule has 0 saturated carbocycles. The molecule has 0 bridgehead atoms. The zero-order valence-electron chi connectivity index (χ0n) is 17.9. The van der Waals surface area contributed by atoms with Gasteiger partial charge in [-0.3, -0.25) is 9.67 Å². The van der Waals surface area contributed by atoms with Crippen LogP contribution in [0.3, 0.4) is 0 Å². The smallest absolute Gasteiger partial charge is 0.268 e. The Morgan fingerprint density at radius 3 is 2.84 bits per heavy atom. The fourth-order valence-corrected chi connectivity index (χ4v) is 3.95. The van der Waals surface area contributed by atoms with Gasteiger partial charge in [0.25, 0.3) is 0 Å². The molecule has 0 N–H and O–H groups in total. The first-order valence-corrected chi connectivity index (χ1v) is 10.6. The lowest BCUT2D eigenvalue weighted by atomic mass is 10.2. The first kappa shape index (κ1) is 20.1. The molecule has 0 aromatic carbocycles. The molecule has 0 spiro atoms. The van der Waals surface area contributed by atoms with Crippen LogP contribution in [0.1, 0.15) is 48.8 Å². The summed E-state index contributed by atoms with van der Waals surface area (Å²) in [5.41, 5.74) is 2.65. The molecule has 5 rings (SSSR count). The summed E-state index contributed by atoms with van der Waals surface area (Å²) in [6.45, 7) is 5.02. The van der Waals surface area contributed by atoms with Crippen LogP contribution < -0.4 is 15.5 Å². The van der Waals surface area contributed by atoms with Gasteiger partial charge in [-0.1, -0.05) is 19.8 Å². The number of pyridine rings is 1. The summed E-state index contributed by atoms with van der Waals surface area (Å²) in [5, 5.41) is 13.1. The van der Waals surface area contributed by atoms with E-state index in [1.54, 1.807) is 24.0 Å². The number of hydrogen-bond donors (Lipinski definition) is 0. The number of halogens is 1. The van der Waals surface area contributed by atoms with Crippen LogP contribution >= 0.6 is 0 Å². The van der Waals surface area contributed by atoms with Crippen molar-refractivity contribution in [3.8, 4) is 0 Å². The van der Waals surface area contributed by atoms with E-state index in [1.165, 1.54) is 16.7 Å². The Kier molecular flexibility index (Phi) is 5.04. The topological polar surface area (TPSA) is 94.2 Å². The number of aryl methyl sites for hydroxylation is 2. The molecule has 0 atom stereocenters. The van der Waals surface area contributed by atoms with Gasteiger partial charge in [-0.15, -0.1) is 4.40 Å². The van der Waals surface area contributed by atoms with Crippen LogP contribution in [0.4, 0.5) is 4.39 Å². The lowest BCUT2D eigenvalue weighted by Crippen LogP contribution is -2.50. The normalized spacial score (nSPS) is 12.8. The molecule has 0 aliphatic carbocycles. The second kappa shape index (κ2) is 8.03. The van der Waals surface area contributed by atoms with E-state index in [0.29, 0.717) is 34.8 Å². The van der Waals surface area contributed by atoms with E-state index >= 15 is 0 Å². The number of hydrogen-bond acceptors (Lipinski definition) is 6. The van der Waals surface area contributed by atoms with Gasteiger partial charge in [0.05, 0.1) is 31.2 Å². The molecular formula is C22H22FN8O+. The second-order valence-corrected chi connectivity index (χ2v) is 7.86. The Balaban J connectivity index is 1.53. The van der Waals surface area contributed by atoms with Crippen LogP contribution in [-0.2, 0) is 13.1 Å². The van der Waals surface area contributed by atoms with E-state index in [4.69, 9.17) is 0 Å². The zero-order valence-corrected chi connectivity index (χ0v) is 17.9. The molecule has 0 unspecified atom stereocenters. The van der Waals surface area contributed by atoms with Crippen molar-refractivity contribution in [2.45, 2.75) is 46.2 Å². The highest BCUT2D eigenvalue weighted by Gasteiger charge is 2.27. The average Bonchev–Trinajstić information content (AvgIpc) is 3.49. The molecule has 0 fully saturated rings. The maximum absolute atomic E-state index is 13.4. The van der Waals surface area contributed by atoms with Crippen LogP contribution in [-0.4, -0.2) is 29.4 Å². The van der Waals surface area contributed by atoms with Gasteiger partial charge in [-0.2, -0.15) is 5.10 Å². The predicted molar refractivity (Wildman–Crippen MR) is 114 cm³/mol. The Labute approximate surface area is 182 Å². The van der Waals surface area contributed by atoms with Gasteiger partial charge < -0.3 is 0 Å². The van der Waals surface area contributed by atoms with Crippen LogP contribution in [0.2, 0.25) is 0 Å². The van der Waals surface area contributed by atoms with Crippen molar-refractivity contribution >= 4 is 17.6 Å². The van der Waals surface area contributed by atoms with Crippen molar-refractivity contribution in [3.05, 3.63) is 75.0 Å². The van der Waals surface area contributed by atoms with Crippen molar-refractivity contribution in [1.29, 1.82) is 0 Å². The summed E-state index contributed by atoms with van der Waals surface area (Å²) in [5.74, 6) is 0.686. The van der Waals surface area contributed by atoms with Gasteiger partial charge in [0, 0.05) is 36.1 Å². The molecule has 10 heteroatoms. The van der Waals surface area contributed by atoms with E-state index < -0.39 is 0 Å². The van der Waals surface area contributed by atoms with Crippen LogP contribution in [0.25, 0.3) is 17.6 Å². The summed E-state index contributed by atoms with van der Waals surface area (Å²) in [4.78, 5) is 21.6. The van der Waals surface area contributed by atoms with E-state index in [9.17, 15) is 9.18 Å². The molecule has 0 amide bonds. The number of unbranched alkanes of at least 4 members (excludes halogenated alkanes) is 2. The summed E-state index contributed by atoms with van der Waals surface area (Å²) < 4.78 is 18.7. The number of fused-ring (bicyclic) bond motifs is 2. The Morgan fingerprint density at radius 1 is 1.16 bits per heavy atom. The van der Waals surface area contributed by atoms with Gasteiger partial charge >= 0.3 is 11.3 Å². The molecule has 4 aromatic heterocycles. The number of aromatic nitrogens is 7. The minimum absolute atomic E-state index is 0.228. The van der Waals surface area contributed by atoms with E-state index in [1.807, 2.05) is 16.8 Å². The highest BCUT2D eigenvalue weighted by atomic mass is 19.1. The summed E-state index contributed by atoms with van der Waals surface area (Å²) in [7, 11) is 0. The Hall–Kier alpha value is -3.82. The lowest BCUT2D eigenvalue weighted by Gasteiger charge is -2.04. The molecule has 1 aliphatic heterocycles. The van der Waals surface area contributed by atoms with Gasteiger partial charge in [0.1, 0.15) is 11.5 Å². The molecule has 9 nitrogen and oxygen atoms in total. The molecule has 0 saturated heterocycles. The first-order valence-electron chi connectivity index (χ1n) is 10.6. The van der Waals surface area contributed by atoms with E-state index in [-0.39, 0.29) is 11.4 Å². The van der Waals surface area contributed by atoms with Crippen molar-refractivity contribution < 1.29 is 8.96 Å². The molecule has 1 aliphatic rings. The number of nitrogens with zero attached hydrogens (tertiary/aromatic N) is 8. The predicted octanol–water partition coefficient (Wildman–Crippen LogP) is 1.50. The van der Waals surface area contributed by atoms with Gasteiger partial charge in [-0.05, 0) is 23.1 Å². The molecular weight excluding hydrogens is 411 g/mol. The van der Waals surface area contributed by atoms with Crippen molar-refractivity contribution in [3.63, 3.8) is 0 Å². The average molecular weight is 433 g/mol. The third-order valence-electron chi connectivity index (χ3n) is 5.51. The zero-order chi connectivity index (χ0) is 22.2. The molecule has 0 radical (unpaired) electrons. The standard InChI is InChI=1S/C22H22FN8O/c1-3-4-5-6-30-19-8-18(26-20(19)21(32)31-14(2)27-28-22(30)31)16-10-25-29(13-16)12-15-7-17(23)11-24-9-15/h7-11,13H,3-6,12H2,1-2H3/q+1. The Morgan fingerprint density at radius 2 is 2.03 bits per heavy atom. The highest BCUT2D eigenvalue weighted by molar-refractivity contribution is 5.81. The quantitative estimate of drug-likeness (QED) is 0.325. The Bertz CT molecular complexity index is 1470. The van der Waals surface area contributed by atoms with Crippen molar-refractivity contribution in [2.75, 3.05) is 0 Å². The van der Waals surface area contributed by atoms with Crippen LogP contribution in [0.15, 0.2) is 40.6 Å². The minimum atomic E-state index is -0.385. The monoisotopic (exact) mass is 433 g/mol. The largest absolute Gasteiger partial charge is 0.431 e. The maximum Gasteiger partial charge on any atom is 0.431 e. The third-order valence-corrected chi connectivity index (χ3v) is 5.51. The number of rotatable bonds is 7. The highest BCUT2D eigenvalue weighted by Crippen LogP contribution is 2.20. The van der Waals surface area contributed by atoms with Crippen molar-refractivity contribution in [1.82, 2.24) is 29.4 Å². The minimum Gasteiger partial charge on any atom is -0.268 e. The molecule has 32 heavy (non-hydrogen) atoms. The van der Waals surface area contributed by atoms with E-state index in [2.05, 4.69) is 32.2 Å². The van der Waals surface area contributed by atoms with E-state index in [0.717, 1.165) is 37.1 Å². The second-order valence-electron chi connectivity index (χ2n) is 7.86. The lowest BCUT2D eigenvalue weighted by molar-refractivity contribution is -0.679. The summed E-state index contributed by atoms with van der Waals surface area (Å²) in [6, 6.07) is 1.43. The van der Waals surface area contributed by atoms with Gasteiger partial charge in [0.2, 0.25) is 5.82 Å². The summed E-state index contributed by atoms with van der Waals surface area (Å²) in [6.07, 6.45) is 11.3. The van der Waals surface area contributed by atoms with Gasteiger partial charge in [-0.25, -0.2) is 18.7 Å². The SMILES string of the molecule is CCCCC[n+]1c2c(c(=O)n3c(C)nnc31)=NC(c1cnn(Cc3cncc(F)c3)c1)=C2. The fourth-order valence-electron chi connectivity index (χ4n) is 3.95. The van der Waals surface area contributed by atoms with Gasteiger partial charge in [0.15, 0.2) is 5.36 Å². The van der Waals surface area contributed by atoms with Crippen molar-refractivity contribution in [2.24, 2.45) is 4.99 Å². The van der Waals surface area contributed by atoms with Crippen LogP contribution in [0.5, 0.6) is 0 Å². The third kappa shape index (κ3) is 3.47. The molecule has 5 heterocycles. The first-order chi connectivity index (χ1) is 15.5. The summed E-state index contributed by atoms with van der Waals surface area (Å²) >= 11 is 0.